The van der Waals surface area contributed by atoms with Gasteiger partial charge < -0.3 is 5.11 Å². The van der Waals surface area contributed by atoms with E-state index >= 15 is 0 Å². The second kappa shape index (κ2) is 4.48. The number of anilines is 1. The molecule has 0 radical (unpaired) electrons. The fraction of sp³-hybridized carbons (Fsp3) is 0.333. The number of hydrogen-bond acceptors (Lipinski definition) is 4. The molecule has 2 N–H and O–H groups in total. The van der Waals surface area contributed by atoms with Crippen molar-refractivity contribution in [3.05, 3.63) is 23.9 Å². The second-order valence-electron chi connectivity index (χ2n) is 3.43. The van der Waals surface area contributed by atoms with Crippen LogP contribution < -0.4 is 4.72 Å². The molecule has 1 aromatic rings. The number of nitrogens with zero attached hydrogens (tertiary/aromatic N) is 1. The van der Waals surface area contributed by atoms with Crippen LogP contribution in [0, 0.1) is 0 Å². The highest BCUT2D eigenvalue weighted by Gasteiger charge is 2.16. The van der Waals surface area contributed by atoms with Crippen molar-refractivity contribution < 1.29 is 18.3 Å². The molecule has 0 saturated heterocycles. The van der Waals surface area contributed by atoms with E-state index in [4.69, 9.17) is 5.11 Å². The Labute approximate surface area is 93.4 Å². The van der Waals surface area contributed by atoms with Gasteiger partial charge in [0.1, 0.15) is 5.82 Å². The molecule has 0 atom stereocenters. The quantitative estimate of drug-likeness (QED) is 0.821. The second-order valence-corrected chi connectivity index (χ2v) is 5.67. The molecule has 0 aliphatic rings. The third-order valence-corrected chi connectivity index (χ3v) is 3.61. The van der Waals surface area contributed by atoms with E-state index in [1.165, 1.54) is 26.0 Å². The topological polar surface area (TPSA) is 96.4 Å². The number of aromatic carboxylic acids is 1. The highest BCUT2D eigenvalue weighted by molar-refractivity contribution is 7.93. The third kappa shape index (κ3) is 2.93. The molecule has 0 aliphatic carbocycles. The average molecular weight is 244 g/mol. The Hall–Kier alpha value is -1.63. The third-order valence-electron chi connectivity index (χ3n) is 1.88. The lowest BCUT2D eigenvalue weighted by atomic mass is 10.3. The van der Waals surface area contributed by atoms with E-state index in [9.17, 15) is 13.2 Å². The number of hydrogen-bond donors (Lipinski definition) is 2. The normalized spacial score (nSPS) is 11.4. The fourth-order valence-electron chi connectivity index (χ4n) is 0.844. The number of sulfonamides is 1. The largest absolute Gasteiger partial charge is 0.478 e. The maximum absolute atomic E-state index is 11.5. The number of carboxylic acids is 1. The first-order valence-corrected chi connectivity index (χ1v) is 6.08. The van der Waals surface area contributed by atoms with Crippen molar-refractivity contribution in [1.29, 1.82) is 0 Å². The van der Waals surface area contributed by atoms with Gasteiger partial charge in [0, 0.05) is 6.20 Å². The summed E-state index contributed by atoms with van der Waals surface area (Å²) in [6.45, 7) is 3.07. The Morgan fingerprint density at radius 2 is 2.06 bits per heavy atom. The van der Waals surface area contributed by atoms with Gasteiger partial charge in [-0.1, -0.05) is 0 Å². The van der Waals surface area contributed by atoms with E-state index in [2.05, 4.69) is 9.71 Å². The van der Waals surface area contributed by atoms with E-state index in [0.717, 1.165) is 6.20 Å². The molecule has 0 saturated carbocycles. The van der Waals surface area contributed by atoms with Gasteiger partial charge in [-0.2, -0.15) is 0 Å². The molecule has 16 heavy (non-hydrogen) atoms. The Morgan fingerprint density at radius 1 is 1.44 bits per heavy atom. The monoisotopic (exact) mass is 244 g/mol. The Balaban J connectivity index is 2.89. The first-order chi connectivity index (χ1) is 7.33. The van der Waals surface area contributed by atoms with E-state index in [-0.39, 0.29) is 11.4 Å². The molecule has 6 nitrogen and oxygen atoms in total. The van der Waals surface area contributed by atoms with Gasteiger partial charge in [-0.3, -0.25) is 4.72 Å². The average Bonchev–Trinajstić information content (AvgIpc) is 2.17. The summed E-state index contributed by atoms with van der Waals surface area (Å²) in [5, 5.41) is 8.04. The van der Waals surface area contributed by atoms with Gasteiger partial charge in [0.2, 0.25) is 10.0 Å². The van der Waals surface area contributed by atoms with Crippen LogP contribution >= 0.6 is 0 Å². The first-order valence-electron chi connectivity index (χ1n) is 4.54. The Morgan fingerprint density at radius 3 is 2.44 bits per heavy atom. The van der Waals surface area contributed by atoms with Crippen LogP contribution in [0.4, 0.5) is 5.82 Å². The molecule has 7 heteroatoms. The molecule has 1 aromatic heterocycles. The van der Waals surface area contributed by atoms with Crippen molar-refractivity contribution >= 4 is 21.8 Å². The number of rotatable bonds is 4. The van der Waals surface area contributed by atoms with Crippen LogP contribution in [0.1, 0.15) is 24.2 Å². The lowest BCUT2D eigenvalue weighted by Crippen LogP contribution is -2.23. The van der Waals surface area contributed by atoms with Crippen LogP contribution in [-0.4, -0.2) is 29.7 Å². The molecule has 88 valence electrons. The zero-order valence-corrected chi connectivity index (χ0v) is 9.65. The molecule has 0 unspecified atom stereocenters. The van der Waals surface area contributed by atoms with Gasteiger partial charge in [-0.05, 0) is 26.0 Å². The van der Waals surface area contributed by atoms with Gasteiger partial charge in [0.15, 0.2) is 0 Å². The van der Waals surface area contributed by atoms with Gasteiger partial charge in [-0.25, -0.2) is 18.2 Å². The Kier molecular flexibility index (Phi) is 3.48. The fourth-order valence-corrected chi connectivity index (χ4v) is 1.49. The maximum Gasteiger partial charge on any atom is 0.337 e. The summed E-state index contributed by atoms with van der Waals surface area (Å²) in [4.78, 5) is 14.2. The van der Waals surface area contributed by atoms with Crippen molar-refractivity contribution in [2.24, 2.45) is 0 Å². The Bertz CT molecular complexity index is 479. The zero-order chi connectivity index (χ0) is 12.3. The number of aromatic nitrogens is 1. The molecule has 0 fully saturated rings. The molecule has 0 amide bonds. The van der Waals surface area contributed by atoms with Crippen molar-refractivity contribution in [2.75, 3.05) is 4.72 Å². The SMILES string of the molecule is CC(C)S(=O)(=O)Nc1ccc(C(=O)O)cn1. The minimum Gasteiger partial charge on any atom is -0.478 e. The summed E-state index contributed by atoms with van der Waals surface area (Å²) in [5.41, 5.74) is 0.00694. The number of carbonyl (C=O) groups is 1. The summed E-state index contributed by atoms with van der Waals surface area (Å²) in [7, 11) is -3.44. The standard InChI is InChI=1S/C9H12N2O4S/c1-6(2)16(14,15)11-8-4-3-7(5-10-8)9(12)13/h3-6H,1-2H3,(H,10,11)(H,12,13). The highest BCUT2D eigenvalue weighted by Crippen LogP contribution is 2.09. The molecular weight excluding hydrogens is 232 g/mol. The summed E-state index contributed by atoms with van der Waals surface area (Å²) < 4.78 is 25.2. The van der Waals surface area contributed by atoms with Crippen LogP contribution in [-0.2, 0) is 10.0 Å². The number of pyridine rings is 1. The molecular formula is C9H12N2O4S. The maximum atomic E-state index is 11.5. The van der Waals surface area contributed by atoms with Crippen LogP contribution in [0.25, 0.3) is 0 Å². The van der Waals surface area contributed by atoms with Crippen molar-refractivity contribution in [3.63, 3.8) is 0 Å². The minimum atomic E-state index is -3.44. The van der Waals surface area contributed by atoms with Crippen LogP contribution in [0.2, 0.25) is 0 Å². The van der Waals surface area contributed by atoms with Crippen molar-refractivity contribution in [3.8, 4) is 0 Å². The molecule has 1 rings (SSSR count). The minimum absolute atomic E-state index is 0.00694. The predicted molar refractivity (Wildman–Crippen MR) is 58.9 cm³/mol. The molecule has 0 spiro atoms. The van der Waals surface area contributed by atoms with Crippen molar-refractivity contribution in [2.45, 2.75) is 19.1 Å². The van der Waals surface area contributed by atoms with Crippen LogP contribution in [0.5, 0.6) is 0 Å². The molecule has 0 bridgehead atoms. The smallest absolute Gasteiger partial charge is 0.337 e. The van der Waals surface area contributed by atoms with E-state index < -0.39 is 21.2 Å². The predicted octanol–water partition coefficient (Wildman–Crippen LogP) is 0.930. The lowest BCUT2D eigenvalue weighted by molar-refractivity contribution is 0.0696. The van der Waals surface area contributed by atoms with Crippen molar-refractivity contribution in [1.82, 2.24) is 4.98 Å². The van der Waals surface area contributed by atoms with Gasteiger partial charge >= 0.3 is 5.97 Å². The zero-order valence-electron chi connectivity index (χ0n) is 8.84. The highest BCUT2D eigenvalue weighted by atomic mass is 32.2. The molecule has 0 aromatic carbocycles. The molecule has 1 heterocycles. The molecule has 0 aliphatic heterocycles. The lowest BCUT2D eigenvalue weighted by Gasteiger charge is -2.09. The first kappa shape index (κ1) is 12.4. The van der Waals surface area contributed by atoms with E-state index in [1.54, 1.807) is 0 Å². The van der Waals surface area contributed by atoms with Crippen LogP contribution in [0.3, 0.4) is 0 Å². The number of carboxylic acid groups (broad SMARTS) is 1. The summed E-state index contributed by atoms with van der Waals surface area (Å²) in [5.74, 6) is -0.996. The van der Waals surface area contributed by atoms with Gasteiger partial charge in [0.05, 0.1) is 10.8 Å². The summed E-state index contributed by atoms with van der Waals surface area (Å²) in [6, 6.07) is 2.59. The van der Waals surface area contributed by atoms with E-state index in [1.807, 2.05) is 0 Å². The van der Waals surface area contributed by atoms with E-state index in [0.29, 0.717) is 0 Å². The summed E-state index contributed by atoms with van der Waals surface area (Å²) in [6.07, 6.45) is 1.10. The van der Waals surface area contributed by atoms with Gasteiger partial charge in [-0.15, -0.1) is 0 Å². The van der Waals surface area contributed by atoms with Crippen LogP contribution in [0.15, 0.2) is 18.3 Å². The summed E-state index contributed by atoms with van der Waals surface area (Å²) >= 11 is 0. The van der Waals surface area contributed by atoms with Gasteiger partial charge in [0.25, 0.3) is 0 Å². The number of nitrogens with one attached hydrogen (secondary N) is 1.